The first-order chi connectivity index (χ1) is 12.7. The number of hydrogen-bond donors (Lipinski definition) is 6. The molecule has 0 spiro atoms. The van der Waals surface area contributed by atoms with E-state index in [4.69, 9.17) is 23.7 Å². The number of rotatable bonds is 6. The van der Waals surface area contributed by atoms with Crippen LogP contribution in [0.25, 0.3) is 0 Å². The van der Waals surface area contributed by atoms with Crippen molar-refractivity contribution in [3.8, 4) is 0 Å². The third kappa shape index (κ3) is 4.92. The fraction of sp³-hybridized carbons (Fsp3) is 0.933. The smallest absolute Gasteiger partial charge is 0.302 e. The van der Waals surface area contributed by atoms with Crippen LogP contribution in [0.1, 0.15) is 6.92 Å². The summed E-state index contributed by atoms with van der Waals surface area (Å²) < 4.78 is 25.7. The van der Waals surface area contributed by atoms with Crippen LogP contribution >= 0.6 is 0 Å². The first kappa shape index (κ1) is 22.4. The summed E-state index contributed by atoms with van der Waals surface area (Å²) in [6.45, 7) is 0.116. The van der Waals surface area contributed by atoms with Gasteiger partial charge >= 0.3 is 5.97 Å². The molecular formula is C15H26O12. The second-order valence-corrected chi connectivity index (χ2v) is 6.36. The van der Waals surface area contributed by atoms with E-state index in [2.05, 4.69) is 0 Å². The van der Waals surface area contributed by atoms with Crippen LogP contribution in [-0.2, 0) is 28.5 Å². The summed E-state index contributed by atoms with van der Waals surface area (Å²) in [7, 11) is 1.24. The van der Waals surface area contributed by atoms with E-state index in [0.717, 1.165) is 6.92 Å². The third-order valence-electron chi connectivity index (χ3n) is 4.46. The number of hydrogen-bond acceptors (Lipinski definition) is 12. The van der Waals surface area contributed by atoms with Crippen molar-refractivity contribution in [1.29, 1.82) is 0 Å². The van der Waals surface area contributed by atoms with Gasteiger partial charge in [-0.05, 0) is 0 Å². The van der Waals surface area contributed by atoms with Crippen LogP contribution in [-0.4, -0.2) is 118 Å². The van der Waals surface area contributed by atoms with Crippen molar-refractivity contribution in [2.24, 2.45) is 0 Å². The highest BCUT2D eigenvalue weighted by Crippen LogP contribution is 2.29. The zero-order valence-corrected chi connectivity index (χ0v) is 14.8. The molecule has 0 aliphatic carbocycles. The Hall–Kier alpha value is -0.930. The largest absolute Gasteiger partial charge is 0.463 e. The van der Waals surface area contributed by atoms with Gasteiger partial charge in [-0.3, -0.25) is 4.79 Å². The molecule has 12 nitrogen and oxygen atoms in total. The lowest BCUT2D eigenvalue weighted by molar-refractivity contribution is -0.357. The number of methoxy groups -OCH3 is 1. The molecule has 2 aliphatic heterocycles. The predicted octanol–water partition coefficient (Wildman–Crippen LogP) is -4.17. The summed E-state index contributed by atoms with van der Waals surface area (Å²) in [5.41, 5.74) is 0. The third-order valence-corrected chi connectivity index (χ3v) is 4.46. The Kier molecular flexibility index (Phi) is 7.88. The second kappa shape index (κ2) is 9.52. The minimum absolute atomic E-state index is 0.415. The molecule has 0 aromatic heterocycles. The fourth-order valence-corrected chi connectivity index (χ4v) is 2.94. The van der Waals surface area contributed by atoms with Gasteiger partial charge in [-0.1, -0.05) is 0 Å². The van der Waals surface area contributed by atoms with Crippen LogP contribution in [0.4, 0.5) is 0 Å². The maximum Gasteiger partial charge on any atom is 0.302 e. The number of carbonyl (C=O) groups excluding carboxylic acids is 1. The minimum Gasteiger partial charge on any atom is -0.463 e. The van der Waals surface area contributed by atoms with Crippen molar-refractivity contribution in [1.82, 2.24) is 0 Å². The molecular weight excluding hydrogens is 372 g/mol. The molecule has 0 aromatic carbocycles. The molecule has 2 saturated heterocycles. The van der Waals surface area contributed by atoms with E-state index in [1.165, 1.54) is 7.11 Å². The van der Waals surface area contributed by atoms with Gasteiger partial charge in [0.25, 0.3) is 0 Å². The Balaban J connectivity index is 2.11. The standard InChI is InChI=1S/C15H26O12/c1-5(17)24-4-7-8(18)9(19)11(21)15(26-7)27-13-6(3-16)25-14(23-2)12(22)10(13)20/h6-16,18-22H,3-4H2,1-2H3. The van der Waals surface area contributed by atoms with E-state index < -0.39 is 80.6 Å². The Morgan fingerprint density at radius 2 is 1.48 bits per heavy atom. The number of ether oxygens (including phenoxy) is 5. The van der Waals surface area contributed by atoms with Crippen molar-refractivity contribution in [3.63, 3.8) is 0 Å². The molecule has 6 N–H and O–H groups in total. The van der Waals surface area contributed by atoms with E-state index in [0.29, 0.717) is 0 Å². The topological polar surface area (TPSA) is 185 Å². The van der Waals surface area contributed by atoms with Crippen LogP contribution < -0.4 is 0 Å². The molecule has 2 rings (SSSR count). The molecule has 10 atom stereocenters. The molecule has 2 aliphatic rings. The van der Waals surface area contributed by atoms with E-state index in [1.54, 1.807) is 0 Å². The molecule has 2 heterocycles. The van der Waals surface area contributed by atoms with Gasteiger partial charge < -0.3 is 54.3 Å². The van der Waals surface area contributed by atoms with Gasteiger partial charge in [0.15, 0.2) is 12.6 Å². The average molecular weight is 398 g/mol. The lowest BCUT2D eigenvalue weighted by atomic mass is 9.97. The molecule has 10 unspecified atom stereocenters. The van der Waals surface area contributed by atoms with Crippen molar-refractivity contribution in [2.45, 2.75) is 68.3 Å². The molecule has 158 valence electrons. The lowest BCUT2D eigenvalue weighted by Crippen LogP contribution is -2.64. The molecule has 0 radical (unpaired) electrons. The number of aliphatic hydroxyl groups excluding tert-OH is 6. The predicted molar refractivity (Wildman–Crippen MR) is 83.0 cm³/mol. The van der Waals surface area contributed by atoms with Crippen LogP contribution in [0.5, 0.6) is 0 Å². The van der Waals surface area contributed by atoms with Gasteiger partial charge in [-0.15, -0.1) is 0 Å². The van der Waals surface area contributed by atoms with Gasteiger partial charge in [0, 0.05) is 14.0 Å². The fourth-order valence-electron chi connectivity index (χ4n) is 2.94. The number of esters is 1. The maximum absolute atomic E-state index is 10.9. The lowest BCUT2D eigenvalue weighted by Gasteiger charge is -2.45. The minimum atomic E-state index is -1.72. The van der Waals surface area contributed by atoms with Gasteiger partial charge in [0.05, 0.1) is 6.61 Å². The van der Waals surface area contributed by atoms with Crippen LogP contribution in [0, 0.1) is 0 Å². The van der Waals surface area contributed by atoms with Crippen LogP contribution in [0.2, 0.25) is 0 Å². The van der Waals surface area contributed by atoms with Gasteiger partial charge in [-0.25, -0.2) is 0 Å². The summed E-state index contributed by atoms with van der Waals surface area (Å²) >= 11 is 0. The van der Waals surface area contributed by atoms with E-state index in [9.17, 15) is 35.4 Å². The van der Waals surface area contributed by atoms with Gasteiger partial charge in [0.2, 0.25) is 0 Å². The zero-order chi connectivity index (χ0) is 20.3. The summed E-state index contributed by atoms with van der Waals surface area (Å²) in [5.74, 6) is -0.644. The van der Waals surface area contributed by atoms with E-state index >= 15 is 0 Å². The monoisotopic (exact) mass is 398 g/mol. The molecule has 0 saturated carbocycles. The number of carbonyl (C=O) groups is 1. The molecule has 0 amide bonds. The van der Waals surface area contributed by atoms with Crippen molar-refractivity contribution in [2.75, 3.05) is 20.3 Å². The first-order valence-corrected chi connectivity index (χ1v) is 8.35. The highest BCUT2D eigenvalue weighted by Gasteiger charge is 2.50. The van der Waals surface area contributed by atoms with Gasteiger partial charge in [0.1, 0.15) is 55.4 Å². The van der Waals surface area contributed by atoms with Crippen LogP contribution in [0.3, 0.4) is 0 Å². The summed E-state index contributed by atoms with van der Waals surface area (Å²) in [6.07, 6.45) is -14.6. The number of aliphatic hydroxyl groups is 6. The summed E-state index contributed by atoms with van der Waals surface area (Å²) in [5, 5.41) is 59.8. The van der Waals surface area contributed by atoms with Crippen LogP contribution in [0.15, 0.2) is 0 Å². The highest BCUT2D eigenvalue weighted by molar-refractivity contribution is 5.65. The quantitative estimate of drug-likeness (QED) is 0.238. The molecule has 0 aromatic rings. The molecule has 12 heteroatoms. The average Bonchev–Trinajstić information content (AvgIpc) is 2.64. The highest BCUT2D eigenvalue weighted by atomic mass is 16.7. The normalized spacial score (nSPS) is 45.5. The molecule has 2 fully saturated rings. The van der Waals surface area contributed by atoms with Gasteiger partial charge in [-0.2, -0.15) is 0 Å². The van der Waals surface area contributed by atoms with E-state index in [-0.39, 0.29) is 0 Å². The Morgan fingerprint density at radius 1 is 0.889 bits per heavy atom. The SMILES string of the molecule is COC1OC(CO)C(OC2OC(COC(C)=O)C(O)C(O)C2O)C(O)C1O. The van der Waals surface area contributed by atoms with Crippen molar-refractivity contribution >= 4 is 5.97 Å². The Labute approximate surface area is 154 Å². The van der Waals surface area contributed by atoms with E-state index in [1.807, 2.05) is 0 Å². The summed E-state index contributed by atoms with van der Waals surface area (Å²) in [4.78, 5) is 10.9. The maximum atomic E-state index is 10.9. The first-order valence-electron chi connectivity index (χ1n) is 8.35. The molecule has 0 bridgehead atoms. The van der Waals surface area contributed by atoms with Crippen molar-refractivity contribution in [3.05, 3.63) is 0 Å². The van der Waals surface area contributed by atoms with Crippen molar-refractivity contribution < 1.29 is 59.1 Å². The zero-order valence-electron chi connectivity index (χ0n) is 14.8. The second-order valence-electron chi connectivity index (χ2n) is 6.36. The summed E-state index contributed by atoms with van der Waals surface area (Å²) in [6, 6.07) is 0. The Bertz CT molecular complexity index is 487. The Morgan fingerprint density at radius 3 is 2.04 bits per heavy atom. The molecule has 27 heavy (non-hydrogen) atoms.